The van der Waals surface area contributed by atoms with E-state index in [0.29, 0.717) is 73.3 Å². The largest absolute Gasteiger partial charge is 0.479 e. The van der Waals surface area contributed by atoms with E-state index in [0.717, 1.165) is 71.7 Å². The van der Waals surface area contributed by atoms with Gasteiger partial charge in [-0.2, -0.15) is 0 Å². The van der Waals surface area contributed by atoms with Crippen LogP contribution in [-0.2, 0) is 68.0 Å². The summed E-state index contributed by atoms with van der Waals surface area (Å²) in [6, 6.07) is 23.5. The molecule has 16 nitrogen and oxygen atoms in total. The van der Waals surface area contributed by atoms with Crippen molar-refractivity contribution in [2.24, 2.45) is 17.8 Å². The van der Waals surface area contributed by atoms with Gasteiger partial charge in [-0.1, -0.05) is 36.4 Å². The fraction of sp³-hybridized carbons (Fsp3) is 0.438. The maximum Gasteiger partial charge on any atom is 0.333 e. The molecule has 0 aliphatic carbocycles. The first kappa shape index (κ1) is 43.7. The number of nitrogens with one attached hydrogen (secondary N) is 3. The minimum atomic E-state index is -0.988. The van der Waals surface area contributed by atoms with E-state index in [9.17, 15) is 29.7 Å². The third-order valence-corrected chi connectivity index (χ3v) is 12.8. The molecular weight excluding hydrogens is 825 g/mol. The van der Waals surface area contributed by atoms with Gasteiger partial charge in [0.15, 0.2) is 18.3 Å². The number of nitrogens with zero attached hydrogens (tertiary/aromatic N) is 1. The normalized spacial score (nSPS) is 20.5. The van der Waals surface area contributed by atoms with Crippen LogP contribution in [-0.4, -0.2) is 95.7 Å². The standard InChI is InChI=1S/C48H54N4O12/c53-46(54)43(28-10-13-49-19-28)59-25-34-16-37-31(4-1-7-40(37)62-34)22-52(23-32-5-2-8-41-38(32)17-35(63-41)26-60-44(47(55)56)29-11-14-50-20-29)24-33-6-3-9-42-39(33)18-36(64-42)27-61-45(48(57)58)30-12-15-51-21-30/h1-9,16-18,28-30,43-45,49-51H,10-15,19-27H2,(H,53,54)(H,55,56)(H,57,58)/t28-,29-,30-,43+,44+,45?/m1/s1. The number of furan rings is 3. The topological polar surface area (TPSA) is 218 Å². The van der Waals surface area contributed by atoms with Crippen molar-refractivity contribution in [1.82, 2.24) is 20.9 Å². The van der Waals surface area contributed by atoms with Crippen molar-refractivity contribution in [3.8, 4) is 0 Å². The van der Waals surface area contributed by atoms with E-state index in [1.54, 1.807) is 0 Å². The molecule has 64 heavy (non-hydrogen) atoms. The first-order valence-corrected chi connectivity index (χ1v) is 22.1. The molecule has 3 saturated heterocycles. The number of hydrogen-bond acceptors (Lipinski definition) is 13. The van der Waals surface area contributed by atoms with Crippen molar-refractivity contribution in [3.63, 3.8) is 0 Å². The Labute approximate surface area is 368 Å². The highest BCUT2D eigenvalue weighted by atomic mass is 16.5. The van der Waals surface area contributed by atoms with Crippen LogP contribution in [0.4, 0.5) is 0 Å². The molecule has 1 unspecified atom stereocenters. The summed E-state index contributed by atoms with van der Waals surface area (Å²) in [5.74, 6) is -1.73. The van der Waals surface area contributed by atoms with E-state index in [-0.39, 0.29) is 37.6 Å². The van der Waals surface area contributed by atoms with Crippen LogP contribution < -0.4 is 16.0 Å². The van der Waals surface area contributed by atoms with E-state index in [1.807, 2.05) is 54.6 Å². The summed E-state index contributed by atoms with van der Waals surface area (Å²) in [7, 11) is 0. The summed E-state index contributed by atoms with van der Waals surface area (Å²) in [6.45, 7) is 5.57. The first-order valence-electron chi connectivity index (χ1n) is 22.1. The molecule has 3 aliphatic heterocycles. The lowest BCUT2D eigenvalue weighted by Crippen LogP contribution is -2.33. The van der Waals surface area contributed by atoms with Gasteiger partial charge in [0.1, 0.15) is 53.9 Å². The minimum absolute atomic E-state index is 0.0177. The SMILES string of the molecule is O=C(O)C(OCc1cc2c(CN(Cc3cccc4oc(CO[C@H](C(=O)O)[C@@H]5CCNC5)cc34)Cc3cccc4oc(CO[C@H](C(=O)O)[C@@H]5CCNC5)cc34)cccc2o1)[C@@H]1CCNC1. The van der Waals surface area contributed by atoms with Gasteiger partial charge in [0.05, 0.1) is 0 Å². The van der Waals surface area contributed by atoms with Gasteiger partial charge in [-0.3, -0.25) is 4.90 Å². The summed E-state index contributed by atoms with van der Waals surface area (Å²) >= 11 is 0. The van der Waals surface area contributed by atoms with Crippen LogP contribution in [0.15, 0.2) is 86.0 Å². The van der Waals surface area contributed by atoms with E-state index in [2.05, 4.69) is 39.0 Å². The maximum atomic E-state index is 12.1. The van der Waals surface area contributed by atoms with Crippen LogP contribution in [0.25, 0.3) is 32.9 Å². The monoisotopic (exact) mass is 878 g/mol. The number of carboxylic acid groups (broad SMARTS) is 3. The highest BCUT2D eigenvalue weighted by Gasteiger charge is 2.34. The van der Waals surface area contributed by atoms with Crippen LogP contribution in [0, 0.1) is 17.8 Å². The Kier molecular flexibility index (Phi) is 13.4. The van der Waals surface area contributed by atoms with Gasteiger partial charge >= 0.3 is 17.9 Å². The molecule has 6 aromatic rings. The Morgan fingerprint density at radius 1 is 0.531 bits per heavy atom. The van der Waals surface area contributed by atoms with Crippen molar-refractivity contribution >= 4 is 50.8 Å². The fourth-order valence-corrected chi connectivity index (χ4v) is 9.59. The molecule has 6 N–H and O–H groups in total. The second kappa shape index (κ2) is 19.7. The molecule has 3 aromatic carbocycles. The first-order chi connectivity index (χ1) is 31.2. The Morgan fingerprint density at radius 3 is 1.11 bits per heavy atom. The summed E-state index contributed by atoms with van der Waals surface area (Å²) in [5.41, 5.74) is 4.96. The molecule has 3 aliphatic rings. The number of rotatable bonds is 21. The molecule has 6 atom stereocenters. The average molecular weight is 879 g/mol. The zero-order chi connectivity index (χ0) is 44.2. The molecule has 16 heteroatoms. The molecule has 0 radical (unpaired) electrons. The van der Waals surface area contributed by atoms with Crippen LogP contribution in [0.2, 0.25) is 0 Å². The van der Waals surface area contributed by atoms with Crippen molar-refractivity contribution in [1.29, 1.82) is 0 Å². The van der Waals surface area contributed by atoms with Crippen molar-refractivity contribution in [3.05, 3.63) is 107 Å². The zero-order valence-corrected chi connectivity index (χ0v) is 35.5. The van der Waals surface area contributed by atoms with E-state index < -0.39 is 36.2 Å². The molecule has 0 spiro atoms. The minimum Gasteiger partial charge on any atom is -0.479 e. The fourth-order valence-electron chi connectivity index (χ4n) is 9.59. The molecule has 9 rings (SSSR count). The van der Waals surface area contributed by atoms with Crippen LogP contribution in [0.5, 0.6) is 0 Å². The summed E-state index contributed by atoms with van der Waals surface area (Å²) in [4.78, 5) is 38.7. The smallest absolute Gasteiger partial charge is 0.333 e. The molecule has 0 saturated carbocycles. The zero-order valence-electron chi connectivity index (χ0n) is 35.5. The van der Waals surface area contributed by atoms with E-state index in [4.69, 9.17) is 27.5 Å². The average Bonchev–Trinajstić information content (AvgIpc) is 4.12. The predicted molar refractivity (Wildman–Crippen MR) is 233 cm³/mol. The van der Waals surface area contributed by atoms with Gasteiger partial charge in [-0.15, -0.1) is 0 Å². The third kappa shape index (κ3) is 9.88. The van der Waals surface area contributed by atoms with E-state index in [1.165, 1.54) is 0 Å². The summed E-state index contributed by atoms with van der Waals surface area (Å²) in [5, 5.41) is 42.1. The quantitative estimate of drug-likeness (QED) is 0.0499. The van der Waals surface area contributed by atoms with Gasteiger partial charge < -0.3 is 58.7 Å². The van der Waals surface area contributed by atoms with Crippen LogP contribution in [0.1, 0.15) is 53.2 Å². The number of hydrogen-bond donors (Lipinski definition) is 6. The molecular formula is C48H54N4O12. The third-order valence-electron chi connectivity index (χ3n) is 12.8. The van der Waals surface area contributed by atoms with Gasteiger partial charge in [0, 0.05) is 73.2 Å². The Hall–Kier alpha value is -5.59. The number of carboxylic acids is 3. The summed E-state index contributed by atoms with van der Waals surface area (Å²) < 4.78 is 36.6. The Morgan fingerprint density at radius 2 is 0.844 bits per heavy atom. The lowest BCUT2D eigenvalue weighted by molar-refractivity contribution is -0.156. The molecule has 3 aromatic heterocycles. The number of ether oxygens (including phenoxy) is 3. The molecule has 6 heterocycles. The Bertz CT molecular complexity index is 2300. The van der Waals surface area contributed by atoms with Crippen molar-refractivity contribution in [2.45, 2.75) is 77.0 Å². The summed E-state index contributed by atoms with van der Waals surface area (Å²) in [6.07, 6.45) is -0.645. The highest BCUT2D eigenvalue weighted by Crippen LogP contribution is 2.32. The van der Waals surface area contributed by atoms with Gasteiger partial charge in [-0.25, -0.2) is 14.4 Å². The van der Waals surface area contributed by atoms with E-state index >= 15 is 0 Å². The lowest BCUT2D eigenvalue weighted by atomic mass is 10.0. The van der Waals surface area contributed by atoms with Crippen LogP contribution in [0.3, 0.4) is 0 Å². The van der Waals surface area contributed by atoms with Gasteiger partial charge in [0.2, 0.25) is 0 Å². The lowest BCUT2D eigenvalue weighted by Gasteiger charge is -2.24. The second-order valence-electron chi connectivity index (χ2n) is 17.2. The van der Waals surface area contributed by atoms with Gasteiger partial charge in [0.25, 0.3) is 0 Å². The number of aliphatic carboxylic acids is 3. The molecule has 3 fully saturated rings. The molecule has 0 bridgehead atoms. The molecule has 338 valence electrons. The van der Waals surface area contributed by atoms with Gasteiger partial charge in [-0.05, 0) is 92.0 Å². The molecule has 0 amide bonds. The second-order valence-corrected chi connectivity index (χ2v) is 17.2. The number of carbonyl (C=O) groups is 3. The highest BCUT2D eigenvalue weighted by molar-refractivity contribution is 5.84. The van der Waals surface area contributed by atoms with Crippen LogP contribution >= 0.6 is 0 Å². The maximum absolute atomic E-state index is 12.1. The Balaban J connectivity index is 0.991. The van der Waals surface area contributed by atoms with Crippen molar-refractivity contribution in [2.75, 3.05) is 39.3 Å². The predicted octanol–water partition coefficient (Wildman–Crippen LogP) is 5.87. The van der Waals surface area contributed by atoms with Crippen molar-refractivity contribution < 1.29 is 57.2 Å². The number of benzene rings is 3. The number of fused-ring (bicyclic) bond motifs is 3.